The predicted octanol–water partition coefficient (Wildman–Crippen LogP) is 3.16. The van der Waals surface area contributed by atoms with Gasteiger partial charge in [-0.15, -0.1) is 0 Å². The molecule has 1 saturated heterocycles. The first kappa shape index (κ1) is 15.3. The van der Waals surface area contributed by atoms with Gasteiger partial charge in [0, 0.05) is 19.6 Å². The Morgan fingerprint density at radius 1 is 1.41 bits per heavy atom. The monoisotopic (exact) mass is 303 g/mol. The Labute approximate surface area is 132 Å². The van der Waals surface area contributed by atoms with E-state index >= 15 is 0 Å². The molecular weight excluding hydrogens is 278 g/mol. The van der Waals surface area contributed by atoms with Crippen LogP contribution in [0.2, 0.25) is 0 Å². The predicted molar refractivity (Wildman–Crippen MR) is 84.9 cm³/mol. The number of carbonyl (C=O) groups is 1. The van der Waals surface area contributed by atoms with Gasteiger partial charge in [-0.1, -0.05) is 18.6 Å². The molecule has 4 heteroatoms. The first-order valence-corrected chi connectivity index (χ1v) is 8.21. The number of hydrogen-bond donors (Lipinski definition) is 1. The van der Waals surface area contributed by atoms with E-state index in [2.05, 4.69) is 17.0 Å². The maximum atomic E-state index is 11.7. The smallest absolute Gasteiger partial charge is 0.311 e. The Hall–Kier alpha value is -1.55. The molecule has 1 saturated carbocycles. The molecule has 22 heavy (non-hydrogen) atoms. The van der Waals surface area contributed by atoms with Crippen LogP contribution >= 0.6 is 0 Å². The Bertz CT molecular complexity index is 540. The first-order chi connectivity index (χ1) is 10.5. The van der Waals surface area contributed by atoms with Crippen LogP contribution in [-0.2, 0) is 11.3 Å². The second-order valence-electron chi connectivity index (χ2n) is 7.03. The van der Waals surface area contributed by atoms with Gasteiger partial charge in [0.05, 0.1) is 11.5 Å². The zero-order valence-corrected chi connectivity index (χ0v) is 13.4. The summed E-state index contributed by atoms with van der Waals surface area (Å²) in [6.07, 6.45) is 3.14. The Kier molecular flexibility index (Phi) is 4.13. The van der Waals surface area contributed by atoms with Gasteiger partial charge in [-0.2, -0.15) is 0 Å². The number of nitrogens with zero attached hydrogens (tertiary/aromatic N) is 1. The number of benzene rings is 1. The summed E-state index contributed by atoms with van der Waals surface area (Å²) < 4.78 is 5.66. The number of aliphatic carboxylic acids is 1. The lowest BCUT2D eigenvalue weighted by Gasteiger charge is -2.23. The molecule has 2 fully saturated rings. The van der Waals surface area contributed by atoms with Gasteiger partial charge < -0.3 is 9.84 Å². The molecule has 2 atom stereocenters. The average Bonchev–Trinajstić information content (AvgIpc) is 2.98. The highest BCUT2D eigenvalue weighted by molar-refractivity contribution is 5.76. The lowest BCUT2D eigenvalue weighted by Crippen LogP contribution is -2.35. The maximum absolute atomic E-state index is 11.7. The topological polar surface area (TPSA) is 49.8 Å². The van der Waals surface area contributed by atoms with Crippen molar-refractivity contribution in [2.24, 2.45) is 11.3 Å². The summed E-state index contributed by atoms with van der Waals surface area (Å²) in [7, 11) is 0. The number of ether oxygens (including phenoxy) is 1. The van der Waals surface area contributed by atoms with E-state index in [1.807, 2.05) is 26.0 Å². The van der Waals surface area contributed by atoms with Gasteiger partial charge in [0.15, 0.2) is 0 Å². The third kappa shape index (κ3) is 2.84. The number of carboxylic acids is 1. The molecule has 4 nitrogen and oxygen atoms in total. The zero-order chi connectivity index (χ0) is 15.7. The second kappa shape index (κ2) is 5.92. The molecule has 0 bridgehead atoms. The second-order valence-corrected chi connectivity index (χ2v) is 7.03. The van der Waals surface area contributed by atoms with E-state index in [1.165, 1.54) is 5.56 Å². The van der Waals surface area contributed by atoms with E-state index in [0.717, 1.165) is 38.1 Å². The maximum Gasteiger partial charge on any atom is 0.311 e. The van der Waals surface area contributed by atoms with Gasteiger partial charge in [0.25, 0.3) is 0 Å². The van der Waals surface area contributed by atoms with Crippen molar-refractivity contribution in [2.45, 2.75) is 45.8 Å². The van der Waals surface area contributed by atoms with Crippen LogP contribution in [0.3, 0.4) is 0 Å². The molecule has 0 unspecified atom stereocenters. The fraction of sp³-hybridized carbons (Fsp3) is 0.611. The fourth-order valence-corrected chi connectivity index (χ4v) is 4.07. The van der Waals surface area contributed by atoms with E-state index in [9.17, 15) is 9.90 Å². The minimum Gasteiger partial charge on any atom is -0.491 e. The van der Waals surface area contributed by atoms with Crippen LogP contribution in [-0.4, -0.2) is 35.2 Å². The largest absolute Gasteiger partial charge is 0.491 e. The van der Waals surface area contributed by atoms with Gasteiger partial charge in [-0.3, -0.25) is 9.69 Å². The summed E-state index contributed by atoms with van der Waals surface area (Å²) in [6, 6.07) is 8.16. The lowest BCUT2D eigenvalue weighted by molar-refractivity contribution is -0.149. The first-order valence-electron chi connectivity index (χ1n) is 8.21. The number of hydrogen-bond acceptors (Lipinski definition) is 3. The highest BCUT2D eigenvalue weighted by Crippen LogP contribution is 2.49. The molecule has 0 radical (unpaired) electrons. The molecule has 1 aromatic carbocycles. The summed E-state index contributed by atoms with van der Waals surface area (Å²) >= 11 is 0. The van der Waals surface area contributed by atoms with Crippen LogP contribution in [0, 0.1) is 11.3 Å². The lowest BCUT2D eigenvalue weighted by atomic mass is 9.81. The van der Waals surface area contributed by atoms with Crippen LogP contribution in [0.1, 0.15) is 38.7 Å². The van der Waals surface area contributed by atoms with Crippen LogP contribution in [0.5, 0.6) is 5.75 Å². The molecule has 1 N–H and O–H groups in total. The number of carboxylic acid groups (broad SMARTS) is 1. The van der Waals surface area contributed by atoms with Gasteiger partial charge in [0.1, 0.15) is 5.75 Å². The van der Waals surface area contributed by atoms with Crippen LogP contribution in [0.15, 0.2) is 24.3 Å². The Balaban J connectivity index is 1.64. The molecule has 0 aromatic heterocycles. The minimum atomic E-state index is -0.599. The molecule has 2 aliphatic rings. The van der Waals surface area contributed by atoms with Crippen LogP contribution in [0.25, 0.3) is 0 Å². The summed E-state index contributed by atoms with van der Waals surface area (Å²) in [5, 5.41) is 9.64. The van der Waals surface area contributed by atoms with Gasteiger partial charge >= 0.3 is 5.97 Å². The molecule has 1 heterocycles. The molecular formula is C18H25NO3. The van der Waals surface area contributed by atoms with Crippen molar-refractivity contribution in [3.05, 3.63) is 29.8 Å². The summed E-state index contributed by atoms with van der Waals surface area (Å²) in [5.74, 6) is 0.616. The van der Waals surface area contributed by atoms with Crippen LogP contribution in [0.4, 0.5) is 0 Å². The highest BCUT2D eigenvalue weighted by Gasteiger charge is 2.54. The van der Waals surface area contributed by atoms with Crippen molar-refractivity contribution >= 4 is 5.97 Å². The molecule has 1 aromatic rings. The third-order valence-electron chi connectivity index (χ3n) is 5.07. The van der Waals surface area contributed by atoms with Gasteiger partial charge in [-0.05, 0) is 50.3 Å². The van der Waals surface area contributed by atoms with Gasteiger partial charge in [-0.25, -0.2) is 0 Å². The van der Waals surface area contributed by atoms with Crippen LogP contribution < -0.4 is 4.74 Å². The number of fused-ring (bicyclic) bond motifs is 1. The normalized spacial score (nSPS) is 28.0. The van der Waals surface area contributed by atoms with E-state index in [1.54, 1.807) is 0 Å². The quantitative estimate of drug-likeness (QED) is 0.908. The molecule has 3 rings (SSSR count). The number of likely N-dealkylation sites (tertiary alicyclic amines) is 1. The van der Waals surface area contributed by atoms with Crippen molar-refractivity contribution < 1.29 is 14.6 Å². The minimum absolute atomic E-state index is 0.180. The van der Waals surface area contributed by atoms with Crippen molar-refractivity contribution in [1.29, 1.82) is 0 Å². The van der Waals surface area contributed by atoms with Crippen molar-refractivity contribution in [2.75, 3.05) is 13.1 Å². The molecule has 120 valence electrons. The number of rotatable bonds is 5. The zero-order valence-electron chi connectivity index (χ0n) is 13.4. The van der Waals surface area contributed by atoms with Crippen molar-refractivity contribution in [1.82, 2.24) is 4.90 Å². The molecule has 0 spiro atoms. The molecule has 1 aliphatic carbocycles. The van der Waals surface area contributed by atoms with E-state index in [-0.39, 0.29) is 6.10 Å². The average molecular weight is 303 g/mol. The Morgan fingerprint density at radius 2 is 2.14 bits per heavy atom. The van der Waals surface area contributed by atoms with Crippen molar-refractivity contribution in [3.8, 4) is 5.75 Å². The summed E-state index contributed by atoms with van der Waals surface area (Å²) in [5.41, 5.74) is 0.734. The Morgan fingerprint density at radius 3 is 2.73 bits per heavy atom. The third-order valence-corrected chi connectivity index (χ3v) is 5.07. The SMILES string of the molecule is CC(C)Oc1ccc(CN2C[C@@H]3CCC[C@@]3(C(=O)O)C2)cc1. The van der Waals surface area contributed by atoms with E-state index < -0.39 is 11.4 Å². The fourth-order valence-electron chi connectivity index (χ4n) is 4.07. The highest BCUT2D eigenvalue weighted by atomic mass is 16.5. The van der Waals surface area contributed by atoms with Crippen molar-refractivity contribution in [3.63, 3.8) is 0 Å². The van der Waals surface area contributed by atoms with E-state index in [4.69, 9.17) is 4.74 Å². The van der Waals surface area contributed by atoms with Gasteiger partial charge in [0.2, 0.25) is 0 Å². The van der Waals surface area contributed by atoms with E-state index in [0.29, 0.717) is 12.5 Å². The molecule has 0 amide bonds. The standard InChI is InChI=1S/C18H25NO3/c1-13(2)22-16-7-5-14(6-8-16)10-19-11-15-4-3-9-18(15,12-19)17(20)21/h5-8,13,15H,3-4,9-12H2,1-2H3,(H,20,21)/t15-,18+/m0/s1. The summed E-state index contributed by atoms with van der Waals surface area (Å²) in [4.78, 5) is 14.0. The molecule has 1 aliphatic heterocycles. The summed E-state index contributed by atoms with van der Waals surface area (Å²) in [6.45, 7) is 6.46.